The number of Topliss-reactive ketones (excluding diaryl/α,β-unsaturated/α-hetero) is 1. The van der Waals surface area contributed by atoms with Gasteiger partial charge in [0.1, 0.15) is 5.78 Å². The topological polar surface area (TPSA) is 74.6 Å². The minimum atomic E-state index is -0.955. The van der Waals surface area contributed by atoms with Crippen LogP contribution in [0.25, 0.3) is 0 Å². The molecular formula is C13H22O4. The lowest BCUT2D eigenvalue weighted by Crippen LogP contribution is -2.32. The zero-order chi connectivity index (χ0) is 13.6. The Kier molecular flexibility index (Phi) is 6.10. The second-order valence-electron chi connectivity index (χ2n) is 4.91. The van der Waals surface area contributed by atoms with Crippen molar-refractivity contribution in [2.24, 2.45) is 17.3 Å². The first-order chi connectivity index (χ1) is 7.78. The lowest BCUT2D eigenvalue weighted by Gasteiger charge is -2.26. The molecule has 0 aromatic heterocycles. The van der Waals surface area contributed by atoms with E-state index in [0.29, 0.717) is 0 Å². The second kappa shape index (κ2) is 6.55. The Labute approximate surface area is 102 Å². The first-order valence-corrected chi connectivity index (χ1v) is 5.79. The first kappa shape index (κ1) is 15.8. The molecule has 0 rings (SSSR count). The molecule has 4 nitrogen and oxygen atoms in total. The fraction of sp³-hybridized carbons (Fsp3) is 0.692. The summed E-state index contributed by atoms with van der Waals surface area (Å²) in [6.07, 6.45) is 1.75. The number of carboxylic acids is 1. The van der Waals surface area contributed by atoms with Gasteiger partial charge in [-0.1, -0.05) is 19.9 Å². The van der Waals surface area contributed by atoms with Gasteiger partial charge < -0.3 is 10.2 Å². The van der Waals surface area contributed by atoms with Crippen LogP contribution in [0, 0.1) is 17.3 Å². The van der Waals surface area contributed by atoms with Crippen molar-refractivity contribution in [2.45, 2.75) is 33.6 Å². The summed E-state index contributed by atoms with van der Waals surface area (Å²) >= 11 is 0. The number of ketones is 1. The minimum absolute atomic E-state index is 0.0183. The van der Waals surface area contributed by atoms with Crippen LogP contribution in [0.2, 0.25) is 0 Å². The van der Waals surface area contributed by atoms with Crippen molar-refractivity contribution < 1.29 is 19.8 Å². The number of aliphatic carboxylic acids is 1. The summed E-state index contributed by atoms with van der Waals surface area (Å²) in [5.41, 5.74) is -0.836. The van der Waals surface area contributed by atoms with Crippen molar-refractivity contribution in [2.75, 3.05) is 6.61 Å². The number of carboxylic acid groups (broad SMARTS) is 1. The lowest BCUT2D eigenvalue weighted by molar-refractivity contribution is -0.146. The van der Waals surface area contributed by atoms with Gasteiger partial charge in [0.15, 0.2) is 0 Å². The molecule has 2 atom stereocenters. The van der Waals surface area contributed by atoms with Crippen LogP contribution in [0.3, 0.4) is 0 Å². The largest absolute Gasteiger partial charge is 0.481 e. The van der Waals surface area contributed by atoms with Crippen LogP contribution in [0.5, 0.6) is 0 Å². The van der Waals surface area contributed by atoms with E-state index >= 15 is 0 Å². The quantitative estimate of drug-likeness (QED) is 0.637. The number of rotatable bonds is 8. The van der Waals surface area contributed by atoms with E-state index in [1.165, 1.54) is 6.08 Å². The minimum Gasteiger partial charge on any atom is -0.481 e. The van der Waals surface area contributed by atoms with Crippen LogP contribution in [0.15, 0.2) is 12.7 Å². The fourth-order valence-corrected chi connectivity index (χ4v) is 1.63. The smallest absolute Gasteiger partial charge is 0.307 e. The van der Waals surface area contributed by atoms with E-state index in [1.807, 2.05) is 0 Å². The van der Waals surface area contributed by atoms with Gasteiger partial charge in [0.2, 0.25) is 0 Å². The third-order valence-electron chi connectivity index (χ3n) is 3.25. The number of carbonyl (C=O) groups excluding carboxylic acids is 1. The van der Waals surface area contributed by atoms with Crippen LogP contribution < -0.4 is 0 Å². The number of hydrogen-bond acceptors (Lipinski definition) is 3. The average Bonchev–Trinajstić information content (AvgIpc) is 2.24. The normalized spacial score (nSPS) is 16.3. The third-order valence-corrected chi connectivity index (χ3v) is 3.25. The number of aliphatic hydroxyl groups is 1. The van der Waals surface area contributed by atoms with Crippen LogP contribution in [0.4, 0.5) is 0 Å². The standard InChI is InChI=1S/C13H22O4/c1-5-13(4,6-7-14)11(15)8-10(9(2)3)12(16)17/h5,9-10,14H,1,6-8H2,2-4H3,(H,16,17)/t10-,13?/m0/s1. The molecule has 0 bridgehead atoms. The van der Waals surface area contributed by atoms with E-state index in [4.69, 9.17) is 10.2 Å². The summed E-state index contributed by atoms with van der Waals surface area (Å²) in [6.45, 7) is 8.71. The van der Waals surface area contributed by atoms with Gasteiger partial charge in [-0.15, -0.1) is 6.58 Å². The highest BCUT2D eigenvalue weighted by atomic mass is 16.4. The Hall–Kier alpha value is -1.16. The molecule has 0 saturated heterocycles. The maximum Gasteiger partial charge on any atom is 0.307 e. The summed E-state index contributed by atoms with van der Waals surface area (Å²) < 4.78 is 0. The van der Waals surface area contributed by atoms with Gasteiger partial charge in [-0.25, -0.2) is 0 Å². The molecule has 0 amide bonds. The van der Waals surface area contributed by atoms with Gasteiger partial charge in [-0.2, -0.15) is 0 Å². The van der Waals surface area contributed by atoms with Gasteiger partial charge in [-0.05, 0) is 19.3 Å². The van der Waals surface area contributed by atoms with Gasteiger partial charge in [-0.3, -0.25) is 9.59 Å². The summed E-state index contributed by atoms with van der Waals surface area (Å²) in [5.74, 6) is -1.91. The zero-order valence-electron chi connectivity index (χ0n) is 10.8. The molecule has 4 heteroatoms. The molecule has 0 aromatic rings. The van der Waals surface area contributed by atoms with Crippen molar-refractivity contribution in [3.8, 4) is 0 Å². The Morgan fingerprint density at radius 1 is 1.41 bits per heavy atom. The van der Waals surface area contributed by atoms with Crippen molar-refractivity contribution in [3.63, 3.8) is 0 Å². The van der Waals surface area contributed by atoms with Gasteiger partial charge in [0.25, 0.3) is 0 Å². The molecule has 0 fully saturated rings. The molecule has 0 saturated carbocycles. The molecule has 98 valence electrons. The van der Waals surface area contributed by atoms with Crippen molar-refractivity contribution in [1.29, 1.82) is 0 Å². The fourth-order valence-electron chi connectivity index (χ4n) is 1.63. The molecule has 0 spiro atoms. The third kappa shape index (κ3) is 4.30. The van der Waals surface area contributed by atoms with Crippen LogP contribution >= 0.6 is 0 Å². The van der Waals surface area contributed by atoms with Crippen molar-refractivity contribution in [1.82, 2.24) is 0 Å². The van der Waals surface area contributed by atoms with Crippen LogP contribution in [0.1, 0.15) is 33.6 Å². The van der Waals surface area contributed by atoms with Crippen molar-refractivity contribution in [3.05, 3.63) is 12.7 Å². The summed E-state index contributed by atoms with van der Waals surface area (Å²) in [4.78, 5) is 23.1. The molecule has 0 aliphatic rings. The molecule has 0 aromatic carbocycles. The maximum atomic E-state index is 12.1. The zero-order valence-corrected chi connectivity index (χ0v) is 10.8. The summed E-state index contributed by atoms with van der Waals surface area (Å²) in [6, 6.07) is 0. The number of allylic oxidation sites excluding steroid dienone is 1. The highest BCUT2D eigenvalue weighted by Crippen LogP contribution is 2.29. The van der Waals surface area contributed by atoms with E-state index < -0.39 is 17.3 Å². The van der Waals surface area contributed by atoms with E-state index in [0.717, 1.165) is 0 Å². The number of hydrogen-bond donors (Lipinski definition) is 2. The van der Waals surface area contributed by atoms with E-state index in [-0.39, 0.29) is 31.1 Å². The Morgan fingerprint density at radius 3 is 2.24 bits per heavy atom. The molecule has 0 aliphatic carbocycles. The summed E-state index contributed by atoms with van der Waals surface area (Å²) in [5, 5.41) is 18.0. The predicted molar refractivity (Wildman–Crippen MR) is 65.6 cm³/mol. The van der Waals surface area contributed by atoms with Gasteiger partial charge in [0.05, 0.1) is 5.92 Å². The first-order valence-electron chi connectivity index (χ1n) is 5.79. The Morgan fingerprint density at radius 2 is 1.94 bits per heavy atom. The van der Waals surface area contributed by atoms with Crippen LogP contribution in [-0.4, -0.2) is 28.6 Å². The lowest BCUT2D eigenvalue weighted by atomic mass is 9.77. The summed E-state index contributed by atoms with van der Waals surface area (Å²) in [7, 11) is 0. The predicted octanol–water partition coefficient (Wildman–Crippen LogP) is 1.88. The molecule has 2 N–H and O–H groups in total. The maximum absolute atomic E-state index is 12.1. The van der Waals surface area contributed by atoms with Gasteiger partial charge >= 0.3 is 5.97 Å². The molecule has 0 aliphatic heterocycles. The number of aliphatic hydroxyl groups excluding tert-OH is 1. The molecular weight excluding hydrogens is 220 g/mol. The molecule has 1 unspecified atom stereocenters. The average molecular weight is 242 g/mol. The number of carbonyl (C=O) groups is 2. The highest BCUT2D eigenvalue weighted by molar-refractivity contribution is 5.89. The second-order valence-corrected chi connectivity index (χ2v) is 4.91. The Bertz CT molecular complexity index is 296. The van der Waals surface area contributed by atoms with Gasteiger partial charge in [0, 0.05) is 18.4 Å². The monoisotopic (exact) mass is 242 g/mol. The van der Waals surface area contributed by atoms with E-state index in [1.54, 1.807) is 20.8 Å². The molecule has 0 heterocycles. The van der Waals surface area contributed by atoms with Crippen LogP contribution in [-0.2, 0) is 9.59 Å². The van der Waals surface area contributed by atoms with Crippen molar-refractivity contribution >= 4 is 11.8 Å². The molecule has 17 heavy (non-hydrogen) atoms. The van der Waals surface area contributed by atoms with E-state index in [2.05, 4.69) is 6.58 Å². The SMILES string of the molecule is C=CC(C)(CCO)C(=O)C[C@H](C(=O)O)C(C)C. The molecule has 0 radical (unpaired) electrons. The Balaban J connectivity index is 4.81. The van der Waals surface area contributed by atoms with E-state index in [9.17, 15) is 9.59 Å². The highest BCUT2D eigenvalue weighted by Gasteiger charge is 2.33.